The highest BCUT2D eigenvalue weighted by molar-refractivity contribution is 8.00. The second-order valence-electron chi connectivity index (χ2n) is 5.55. The van der Waals surface area contributed by atoms with E-state index in [1.165, 1.54) is 0 Å². The van der Waals surface area contributed by atoms with Crippen molar-refractivity contribution in [3.8, 4) is 0 Å². The summed E-state index contributed by atoms with van der Waals surface area (Å²) in [6, 6.07) is 9.76. The predicted octanol–water partition coefficient (Wildman–Crippen LogP) is 7.22. The van der Waals surface area contributed by atoms with E-state index in [-0.39, 0.29) is 11.6 Å². The highest BCUT2D eigenvalue weighted by Crippen LogP contribution is 2.24. The van der Waals surface area contributed by atoms with Crippen molar-refractivity contribution in [1.82, 2.24) is 0 Å². The van der Waals surface area contributed by atoms with Crippen molar-refractivity contribution in [2.24, 2.45) is 0 Å². The third-order valence-electron chi connectivity index (χ3n) is 3.51. The van der Waals surface area contributed by atoms with Crippen LogP contribution in [0, 0.1) is 0 Å². The smallest absolute Gasteiger partial charge is 0.174 e. The lowest BCUT2D eigenvalue weighted by molar-refractivity contribution is 0.101. The zero-order chi connectivity index (χ0) is 19.8. The molecule has 0 saturated carbocycles. The van der Waals surface area contributed by atoms with Crippen LogP contribution in [-0.4, -0.2) is 34.6 Å². The molecule has 0 fully saturated rings. The number of thioether (sulfide) groups is 2. The standard InChI is InChI=1S/C19H16Cl4O2S2/c20-12-2-4-14(16(22)8-12)18(24)10-26-6-1-7-27-11-19(25)15-5-3-13(21)9-17(15)23/h2-5,8-9H,1,6-7,10-11H2. The Hall–Kier alpha value is -0.360. The Balaban J connectivity index is 1.63. The van der Waals surface area contributed by atoms with E-state index in [9.17, 15) is 9.59 Å². The summed E-state index contributed by atoms with van der Waals surface area (Å²) in [7, 11) is 0. The first-order valence-corrected chi connectivity index (χ1v) is 11.8. The molecule has 8 heteroatoms. The average molecular weight is 482 g/mol. The largest absolute Gasteiger partial charge is 0.293 e. The topological polar surface area (TPSA) is 34.1 Å². The lowest BCUT2D eigenvalue weighted by Crippen LogP contribution is -2.05. The number of benzene rings is 2. The molecule has 27 heavy (non-hydrogen) atoms. The Morgan fingerprint density at radius 3 is 1.48 bits per heavy atom. The van der Waals surface area contributed by atoms with Gasteiger partial charge in [0.05, 0.1) is 21.6 Å². The van der Waals surface area contributed by atoms with Gasteiger partial charge in [0.2, 0.25) is 0 Å². The molecule has 2 aromatic carbocycles. The SMILES string of the molecule is O=C(CSCCCSCC(=O)c1ccc(Cl)cc1Cl)c1ccc(Cl)cc1Cl. The molecular weight excluding hydrogens is 466 g/mol. The number of carbonyl (C=O) groups excluding carboxylic acids is 2. The molecule has 0 aromatic heterocycles. The summed E-state index contributed by atoms with van der Waals surface area (Å²) in [5.74, 6) is 2.37. The maximum Gasteiger partial charge on any atom is 0.174 e. The average Bonchev–Trinajstić information content (AvgIpc) is 2.60. The van der Waals surface area contributed by atoms with E-state index < -0.39 is 0 Å². The van der Waals surface area contributed by atoms with Crippen LogP contribution in [0.1, 0.15) is 27.1 Å². The minimum Gasteiger partial charge on any atom is -0.293 e. The summed E-state index contributed by atoms with van der Waals surface area (Å²) >= 11 is 26.9. The fourth-order valence-corrected chi connectivity index (χ4v) is 5.06. The molecule has 0 amide bonds. The molecule has 0 unspecified atom stereocenters. The van der Waals surface area contributed by atoms with Gasteiger partial charge in [0.25, 0.3) is 0 Å². The number of carbonyl (C=O) groups is 2. The van der Waals surface area contributed by atoms with Gasteiger partial charge in [-0.05, 0) is 54.3 Å². The van der Waals surface area contributed by atoms with Gasteiger partial charge in [-0.15, -0.1) is 0 Å². The van der Waals surface area contributed by atoms with E-state index in [1.54, 1.807) is 59.9 Å². The van der Waals surface area contributed by atoms with Crippen molar-refractivity contribution in [1.29, 1.82) is 0 Å². The van der Waals surface area contributed by atoms with Crippen LogP contribution in [0.2, 0.25) is 20.1 Å². The molecule has 2 aromatic rings. The Bertz CT molecular complexity index is 760. The van der Waals surface area contributed by atoms with Gasteiger partial charge < -0.3 is 0 Å². The van der Waals surface area contributed by atoms with Gasteiger partial charge in [0.15, 0.2) is 11.6 Å². The molecule has 0 bridgehead atoms. The van der Waals surface area contributed by atoms with Crippen molar-refractivity contribution < 1.29 is 9.59 Å². The molecule has 0 N–H and O–H groups in total. The van der Waals surface area contributed by atoms with Crippen molar-refractivity contribution >= 4 is 81.5 Å². The monoisotopic (exact) mass is 480 g/mol. The van der Waals surface area contributed by atoms with Gasteiger partial charge in [-0.3, -0.25) is 9.59 Å². The molecule has 2 nitrogen and oxygen atoms in total. The summed E-state index contributed by atoms with van der Waals surface area (Å²) in [6.45, 7) is 0. The van der Waals surface area contributed by atoms with E-state index in [0.29, 0.717) is 42.7 Å². The first-order valence-electron chi connectivity index (χ1n) is 8.00. The lowest BCUT2D eigenvalue weighted by atomic mass is 10.1. The van der Waals surface area contributed by atoms with Gasteiger partial charge in [-0.25, -0.2) is 0 Å². The Morgan fingerprint density at radius 1 is 0.704 bits per heavy atom. The van der Waals surface area contributed by atoms with E-state index in [2.05, 4.69) is 0 Å². The third-order valence-corrected chi connectivity index (χ3v) is 6.69. The Labute approximate surface area is 187 Å². The van der Waals surface area contributed by atoms with Crippen molar-refractivity contribution in [3.63, 3.8) is 0 Å². The zero-order valence-corrected chi connectivity index (χ0v) is 18.8. The molecule has 0 radical (unpaired) electrons. The van der Waals surface area contributed by atoms with Crippen LogP contribution in [0.15, 0.2) is 36.4 Å². The van der Waals surface area contributed by atoms with Gasteiger partial charge in [-0.2, -0.15) is 23.5 Å². The minimum atomic E-state index is -0.0122. The lowest BCUT2D eigenvalue weighted by Gasteiger charge is -2.05. The summed E-state index contributed by atoms with van der Waals surface area (Å²) in [6.07, 6.45) is 0.901. The number of hydrogen-bond donors (Lipinski definition) is 0. The maximum absolute atomic E-state index is 12.1. The van der Waals surface area contributed by atoms with Gasteiger partial charge in [0, 0.05) is 21.2 Å². The summed E-state index contributed by atoms with van der Waals surface area (Å²) in [4.78, 5) is 24.3. The number of halogens is 4. The quantitative estimate of drug-likeness (QED) is 0.265. The van der Waals surface area contributed by atoms with Crippen LogP contribution in [-0.2, 0) is 0 Å². The van der Waals surface area contributed by atoms with Crippen LogP contribution < -0.4 is 0 Å². The van der Waals surface area contributed by atoms with Crippen LogP contribution >= 0.6 is 69.9 Å². The summed E-state index contributed by atoms with van der Waals surface area (Å²) in [5, 5.41) is 1.78. The molecule has 0 spiro atoms. The Kier molecular flexibility index (Phi) is 9.85. The molecule has 0 aliphatic heterocycles. The molecule has 144 valence electrons. The number of rotatable bonds is 10. The number of Topliss-reactive ketones (excluding diaryl/α,β-unsaturated/α-hetero) is 2. The highest BCUT2D eigenvalue weighted by Gasteiger charge is 2.12. The molecule has 0 saturated heterocycles. The fraction of sp³-hybridized carbons (Fsp3) is 0.263. The highest BCUT2D eigenvalue weighted by atomic mass is 35.5. The van der Waals surface area contributed by atoms with E-state index in [0.717, 1.165) is 17.9 Å². The van der Waals surface area contributed by atoms with Crippen molar-refractivity contribution in [2.75, 3.05) is 23.0 Å². The van der Waals surface area contributed by atoms with Crippen molar-refractivity contribution in [3.05, 3.63) is 67.6 Å². The van der Waals surface area contributed by atoms with E-state index >= 15 is 0 Å². The third kappa shape index (κ3) is 7.52. The molecule has 0 heterocycles. The van der Waals surface area contributed by atoms with Gasteiger partial charge in [-0.1, -0.05) is 46.4 Å². The second kappa shape index (κ2) is 11.6. The summed E-state index contributed by atoms with van der Waals surface area (Å²) in [5.41, 5.74) is 0.988. The van der Waals surface area contributed by atoms with Crippen LogP contribution in [0.25, 0.3) is 0 Å². The minimum absolute atomic E-state index is 0.0122. The fourth-order valence-electron chi connectivity index (χ4n) is 2.18. The second-order valence-corrected chi connectivity index (χ2v) is 9.45. The molecular formula is C19H16Cl4O2S2. The Morgan fingerprint density at radius 2 is 1.11 bits per heavy atom. The number of hydrogen-bond acceptors (Lipinski definition) is 4. The molecule has 0 aliphatic rings. The van der Waals surface area contributed by atoms with Gasteiger partial charge >= 0.3 is 0 Å². The zero-order valence-electron chi connectivity index (χ0n) is 14.1. The molecule has 0 aliphatic carbocycles. The normalized spacial score (nSPS) is 10.8. The predicted molar refractivity (Wildman–Crippen MR) is 121 cm³/mol. The first kappa shape index (κ1) is 22.9. The van der Waals surface area contributed by atoms with Gasteiger partial charge in [0.1, 0.15) is 0 Å². The van der Waals surface area contributed by atoms with E-state index in [4.69, 9.17) is 46.4 Å². The molecule has 2 rings (SSSR count). The van der Waals surface area contributed by atoms with Crippen LogP contribution in [0.3, 0.4) is 0 Å². The van der Waals surface area contributed by atoms with E-state index in [1.807, 2.05) is 0 Å². The summed E-state index contributed by atoms with van der Waals surface area (Å²) < 4.78 is 0. The number of ketones is 2. The van der Waals surface area contributed by atoms with Crippen LogP contribution in [0.4, 0.5) is 0 Å². The van der Waals surface area contributed by atoms with Crippen LogP contribution in [0.5, 0.6) is 0 Å². The maximum atomic E-state index is 12.1. The molecule has 0 atom stereocenters. The van der Waals surface area contributed by atoms with Crippen molar-refractivity contribution in [2.45, 2.75) is 6.42 Å². The first-order chi connectivity index (χ1) is 12.9.